The van der Waals surface area contributed by atoms with E-state index in [9.17, 15) is 18.3 Å². The van der Waals surface area contributed by atoms with Crippen molar-refractivity contribution in [3.63, 3.8) is 0 Å². The number of carbonyl (C=O) groups is 1. The van der Waals surface area contributed by atoms with Gasteiger partial charge in [0.05, 0.1) is 4.90 Å². The molecule has 1 atom stereocenters. The lowest BCUT2D eigenvalue weighted by molar-refractivity contribution is -0.304. The number of carboxylic acid groups (broad SMARTS) is 1. The summed E-state index contributed by atoms with van der Waals surface area (Å²) in [5, 5.41) is 11.2. The van der Waals surface area contributed by atoms with Crippen LogP contribution < -0.4 is 9.83 Å². The Kier molecular flexibility index (Phi) is 6.75. The molecule has 1 unspecified atom stereocenters. The van der Waals surface area contributed by atoms with Crippen molar-refractivity contribution in [2.24, 2.45) is 5.92 Å². The Bertz CT molecular complexity index is 941. The lowest BCUT2D eigenvalue weighted by Gasteiger charge is -2.10. The number of fused-ring (bicyclic) bond motifs is 1. The van der Waals surface area contributed by atoms with E-state index in [1.54, 1.807) is 12.1 Å². The molecule has 2 aromatic rings. The molecule has 0 heterocycles. The highest BCUT2D eigenvalue weighted by molar-refractivity contribution is 7.89. The van der Waals surface area contributed by atoms with E-state index in [-0.39, 0.29) is 11.3 Å². The van der Waals surface area contributed by atoms with Gasteiger partial charge in [0, 0.05) is 24.0 Å². The molecule has 1 aliphatic rings. The molecule has 0 fully saturated rings. The molecule has 0 saturated carbocycles. The fraction of sp³-hybridized carbons (Fsp3) is 0.381. The molecule has 0 radical (unpaired) electrons. The third kappa shape index (κ3) is 5.56. The van der Waals surface area contributed by atoms with Gasteiger partial charge in [0.2, 0.25) is 10.0 Å². The molecule has 2 aromatic carbocycles. The summed E-state index contributed by atoms with van der Waals surface area (Å²) >= 11 is 5.79. The minimum Gasteiger partial charge on any atom is -0.550 e. The fourth-order valence-electron chi connectivity index (χ4n) is 3.70. The minimum atomic E-state index is -3.50. The fourth-order valence-corrected chi connectivity index (χ4v) is 4.91. The van der Waals surface area contributed by atoms with Crippen LogP contribution in [0.4, 0.5) is 0 Å². The summed E-state index contributed by atoms with van der Waals surface area (Å²) in [6, 6.07) is 12.0. The highest BCUT2D eigenvalue weighted by Crippen LogP contribution is 2.30. The lowest BCUT2D eigenvalue weighted by Crippen LogP contribution is -2.24. The number of carbonyl (C=O) groups excluding carboxylic acids is 1. The predicted octanol–water partition coefficient (Wildman–Crippen LogP) is 2.50. The smallest absolute Gasteiger partial charge is 0.240 e. The van der Waals surface area contributed by atoms with Gasteiger partial charge in [-0.15, -0.1) is 0 Å². The van der Waals surface area contributed by atoms with Crippen LogP contribution in [-0.2, 0) is 34.1 Å². The van der Waals surface area contributed by atoms with Gasteiger partial charge in [-0.05, 0) is 72.6 Å². The van der Waals surface area contributed by atoms with Crippen molar-refractivity contribution < 1.29 is 18.3 Å². The second kappa shape index (κ2) is 9.07. The molecule has 0 aromatic heterocycles. The SMILES string of the molecule is O=C([O-])Cc1ccc2c(c1)CC(CCCCNS(=O)(=O)c1ccc(Cl)cc1)C2. The molecule has 0 bridgehead atoms. The summed E-state index contributed by atoms with van der Waals surface area (Å²) in [7, 11) is -3.50. The molecule has 0 saturated heterocycles. The Hall–Kier alpha value is -1.89. The van der Waals surface area contributed by atoms with E-state index in [0.717, 1.165) is 37.7 Å². The molecular formula is C21H23ClNO4S-. The number of rotatable bonds is 9. The van der Waals surface area contributed by atoms with Gasteiger partial charge in [0.25, 0.3) is 0 Å². The second-order valence-electron chi connectivity index (χ2n) is 7.27. The summed E-state index contributed by atoms with van der Waals surface area (Å²) in [6.45, 7) is 0.403. The Balaban J connectivity index is 1.41. The maximum Gasteiger partial charge on any atom is 0.240 e. The Labute approximate surface area is 170 Å². The zero-order chi connectivity index (χ0) is 20.1. The van der Waals surface area contributed by atoms with Crippen LogP contribution in [-0.4, -0.2) is 20.9 Å². The van der Waals surface area contributed by atoms with Crippen LogP contribution in [0, 0.1) is 5.92 Å². The predicted molar refractivity (Wildman–Crippen MR) is 107 cm³/mol. The van der Waals surface area contributed by atoms with Gasteiger partial charge in [-0.2, -0.15) is 0 Å². The van der Waals surface area contributed by atoms with E-state index < -0.39 is 16.0 Å². The Morgan fingerprint density at radius 2 is 1.79 bits per heavy atom. The van der Waals surface area contributed by atoms with Crippen molar-refractivity contribution in [3.05, 3.63) is 64.2 Å². The molecule has 1 N–H and O–H groups in total. The van der Waals surface area contributed by atoms with Crippen LogP contribution in [0.15, 0.2) is 47.4 Å². The maximum atomic E-state index is 12.2. The monoisotopic (exact) mass is 420 g/mol. The van der Waals surface area contributed by atoms with Crippen LogP contribution >= 0.6 is 11.6 Å². The summed E-state index contributed by atoms with van der Waals surface area (Å²) < 4.78 is 27.1. The number of sulfonamides is 1. The molecule has 5 nitrogen and oxygen atoms in total. The normalized spacial score (nSPS) is 16.1. The van der Waals surface area contributed by atoms with Crippen LogP contribution in [0.25, 0.3) is 0 Å². The standard InChI is InChI=1S/C21H24ClNO4S/c22-19-6-8-20(9-7-19)28(26,27)23-10-2-1-3-15-11-17-5-4-16(14-21(24)25)13-18(17)12-15/h4-9,13,15,23H,1-3,10-12,14H2,(H,24,25)/p-1. The molecule has 7 heteroatoms. The first-order chi connectivity index (χ1) is 13.3. The van der Waals surface area contributed by atoms with E-state index in [1.165, 1.54) is 23.3 Å². The van der Waals surface area contributed by atoms with Crippen molar-refractivity contribution >= 4 is 27.6 Å². The Morgan fingerprint density at radius 3 is 2.50 bits per heavy atom. The minimum absolute atomic E-state index is 0.0499. The molecule has 3 rings (SSSR count). The second-order valence-corrected chi connectivity index (χ2v) is 9.48. The molecule has 150 valence electrons. The number of nitrogens with one attached hydrogen (secondary N) is 1. The molecule has 0 amide bonds. The van der Waals surface area contributed by atoms with E-state index in [2.05, 4.69) is 4.72 Å². The topological polar surface area (TPSA) is 86.3 Å². The number of unbranched alkanes of at least 4 members (excludes halogenated alkanes) is 1. The number of hydrogen-bond acceptors (Lipinski definition) is 4. The van der Waals surface area contributed by atoms with Gasteiger partial charge >= 0.3 is 0 Å². The first-order valence-electron chi connectivity index (χ1n) is 9.39. The number of aliphatic carboxylic acids is 1. The van der Waals surface area contributed by atoms with Gasteiger partial charge in [-0.3, -0.25) is 0 Å². The first-order valence-corrected chi connectivity index (χ1v) is 11.3. The van der Waals surface area contributed by atoms with Crippen LogP contribution in [0.2, 0.25) is 5.02 Å². The molecule has 28 heavy (non-hydrogen) atoms. The summed E-state index contributed by atoms with van der Waals surface area (Å²) in [5.74, 6) is -0.531. The maximum absolute atomic E-state index is 12.2. The summed E-state index contributed by atoms with van der Waals surface area (Å²) in [6.07, 6.45) is 4.63. The Morgan fingerprint density at radius 1 is 1.07 bits per heavy atom. The molecule has 1 aliphatic carbocycles. The lowest BCUT2D eigenvalue weighted by atomic mass is 9.99. The summed E-state index contributed by atoms with van der Waals surface area (Å²) in [4.78, 5) is 11.0. The van der Waals surface area contributed by atoms with Crippen molar-refractivity contribution in [1.29, 1.82) is 0 Å². The number of hydrogen-bond donors (Lipinski definition) is 1. The van der Waals surface area contributed by atoms with E-state index in [1.807, 2.05) is 18.2 Å². The number of carboxylic acids is 1. The van der Waals surface area contributed by atoms with Crippen LogP contribution in [0.1, 0.15) is 36.0 Å². The summed E-state index contributed by atoms with van der Waals surface area (Å²) in [5.41, 5.74) is 3.30. The average Bonchev–Trinajstić information content (AvgIpc) is 3.03. The van der Waals surface area contributed by atoms with Gasteiger partial charge in [-0.25, -0.2) is 13.1 Å². The zero-order valence-electron chi connectivity index (χ0n) is 15.5. The van der Waals surface area contributed by atoms with Crippen molar-refractivity contribution in [3.8, 4) is 0 Å². The quantitative estimate of drug-likeness (QED) is 0.631. The van der Waals surface area contributed by atoms with Gasteiger partial charge in [-0.1, -0.05) is 36.2 Å². The average molecular weight is 421 g/mol. The zero-order valence-corrected chi connectivity index (χ0v) is 17.1. The number of benzene rings is 2. The van der Waals surface area contributed by atoms with E-state index in [4.69, 9.17) is 11.6 Å². The van der Waals surface area contributed by atoms with E-state index in [0.29, 0.717) is 17.5 Å². The van der Waals surface area contributed by atoms with Crippen molar-refractivity contribution in [1.82, 2.24) is 4.72 Å². The van der Waals surface area contributed by atoms with Crippen LogP contribution in [0.5, 0.6) is 0 Å². The number of halogens is 1. The third-order valence-electron chi connectivity index (χ3n) is 5.09. The van der Waals surface area contributed by atoms with Crippen LogP contribution in [0.3, 0.4) is 0 Å². The highest BCUT2D eigenvalue weighted by Gasteiger charge is 2.21. The largest absolute Gasteiger partial charge is 0.550 e. The van der Waals surface area contributed by atoms with Gasteiger partial charge in [0.15, 0.2) is 0 Å². The van der Waals surface area contributed by atoms with Gasteiger partial charge < -0.3 is 9.90 Å². The van der Waals surface area contributed by atoms with Crippen molar-refractivity contribution in [2.45, 2.75) is 43.4 Å². The molecule has 0 spiro atoms. The molecular weight excluding hydrogens is 398 g/mol. The van der Waals surface area contributed by atoms with E-state index >= 15 is 0 Å². The molecule has 0 aliphatic heterocycles. The van der Waals surface area contributed by atoms with Crippen molar-refractivity contribution in [2.75, 3.05) is 6.54 Å². The third-order valence-corrected chi connectivity index (χ3v) is 6.82. The first kappa shape index (κ1) is 20.8. The highest BCUT2D eigenvalue weighted by atomic mass is 35.5. The van der Waals surface area contributed by atoms with Gasteiger partial charge in [0.1, 0.15) is 0 Å².